The average Bonchev–Trinajstić information content (AvgIpc) is 2.99. The van der Waals surface area contributed by atoms with Crippen LogP contribution in [0.15, 0.2) is 22.1 Å². The Labute approximate surface area is 134 Å². The van der Waals surface area contributed by atoms with Crippen LogP contribution >= 0.6 is 27.3 Å². The third kappa shape index (κ3) is 2.04. The van der Waals surface area contributed by atoms with Crippen LogP contribution in [0.4, 0.5) is 4.39 Å². The number of aryl methyl sites for hydroxylation is 1. The number of halogens is 2. The van der Waals surface area contributed by atoms with E-state index in [0.717, 1.165) is 14.5 Å². The van der Waals surface area contributed by atoms with E-state index in [1.54, 1.807) is 19.1 Å². The van der Waals surface area contributed by atoms with Gasteiger partial charge in [0.05, 0.1) is 17.7 Å². The van der Waals surface area contributed by atoms with Crippen LogP contribution in [0.25, 0.3) is 0 Å². The zero-order valence-corrected chi connectivity index (χ0v) is 14.0. The van der Waals surface area contributed by atoms with E-state index in [1.807, 2.05) is 0 Å². The first-order valence-corrected chi connectivity index (χ1v) is 8.11. The number of methoxy groups -OCH3 is 1. The lowest BCUT2D eigenvalue weighted by Gasteiger charge is -2.28. The summed E-state index contributed by atoms with van der Waals surface area (Å²) in [5.41, 5.74) is 1.10. The molecule has 0 fully saturated rings. The summed E-state index contributed by atoms with van der Waals surface area (Å²) in [4.78, 5) is 17.9. The zero-order chi connectivity index (χ0) is 15.2. The van der Waals surface area contributed by atoms with Gasteiger partial charge in [-0.2, -0.15) is 0 Å². The molecule has 0 aliphatic heterocycles. The fourth-order valence-electron chi connectivity index (χ4n) is 3.05. The van der Waals surface area contributed by atoms with Gasteiger partial charge in [0.25, 0.3) is 0 Å². The molecule has 0 bridgehead atoms. The van der Waals surface area contributed by atoms with Crippen molar-refractivity contribution in [3.63, 3.8) is 0 Å². The van der Waals surface area contributed by atoms with Crippen molar-refractivity contribution in [1.82, 2.24) is 4.98 Å². The highest BCUT2D eigenvalue weighted by Gasteiger charge is 2.51. The van der Waals surface area contributed by atoms with Gasteiger partial charge in [-0.15, -0.1) is 11.3 Å². The summed E-state index contributed by atoms with van der Waals surface area (Å²) >= 11 is 4.79. The summed E-state index contributed by atoms with van der Waals surface area (Å²) in [6.07, 6.45) is 1.24. The molecule has 2 aromatic rings. The van der Waals surface area contributed by atoms with Crippen molar-refractivity contribution in [2.75, 3.05) is 7.11 Å². The number of carbonyl (C=O) groups is 1. The normalized spacial score (nSPS) is 20.4. The quantitative estimate of drug-likeness (QED) is 0.756. The first-order valence-electron chi connectivity index (χ1n) is 6.50. The second-order valence-corrected chi connectivity index (χ2v) is 7.33. The highest BCUT2D eigenvalue weighted by molar-refractivity contribution is 9.11. The molecule has 1 heterocycles. The van der Waals surface area contributed by atoms with Crippen molar-refractivity contribution in [2.45, 2.75) is 25.2 Å². The SMILES string of the molecule is COC(=O)[C@@]1(c2cccc(F)c2C)CCc2nc(Br)sc21. The van der Waals surface area contributed by atoms with Gasteiger partial charge < -0.3 is 4.74 Å². The van der Waals surface area contributed by atoms with Crippen molar-refractivity contribution in [2.24, 2.45) is 0 Å². The highest BCUT2D eigenvalue weighted by Crippen LogP contribution is 2.49. The van der Waals surface area contributed by atoms with Crippen LogP contribution in [0.3, 0.4) is 0 Å². The average molecular weight is 370 g/mol. The molecule has 0 spiro atoms. The van der Waals surface area contributed by atoms with Crippen molar-refractivity contribution in [3.8, 4) is 0 Å². The van der Waals surface area contributed by atoms with Gasteiger partial charge in [-0.05, 0) is 52.9 Å². The second kappa shape index (κ2) is 5.18. The monoisotopic (exact) mass is 369 g/mol. The van der Waals surface area contributed by atoms with Crippen LogP contribution in [0.2, 0.25) is 0 Å². The zero-order valence-electron chi connectivity index (χ0n) is 11.6. The fraction of sp³-hybridized carbons (Fsp3) is 0.333. The maximum atomic E-state index is 14.0. The van der Waals surface area contributed by atoms with Gasteiger partial charge in [-0.1, -0.05) is 12.1 Å². The summed E-state index contributed by atoms with van der Waals surface area (Å²) in [6, 6.07) is 4.84. The first-order chi connectivity index (χ1) is 10.0. The van der Waals surface area contributed by atoms with Crippen molar-refractivity contribution < 1.29 is 13.9 Å². The van der Waals surface area contributed by atoms with E-state index in [-0.39, 0.29) is 11.8 Å². The molecule has 3 rings (SSSR count). The maximum absolute atomic E-state index is 14.0. The molecule has 1 aliphatic carbocycles. The highest BCUT2D eigenvalue weighted by atomic mass is 79.9. The Morgan fingerprint density at radius 1 is 1.52 bits per heavy atom. The molecule has 0 radical (unpaired) electrons. The Morgan fingerprint density at radius 2 is 2.29 bits per heavy atom. The Hall–Kier alpha value is -1.27. The van der Waals surface area contributed by atoms with Gasteiger partial charge in [-0.3, -0.25) is 4.79 Å². The van der Waals surface area contributed by atoms with Crippen LogP contribution in [0.1, 0.15) is 28.1 Å². The fourth-order valence-corrected chi connectivity index (χ4v) is 4.81. The number of benzene rings is 1. The van der Waals surface area contributed by atoms with Crippen molar-refractivity contribution in [1.29, 1.82) is 0 Å². The molecule has 0 saturated carbocycles. The van der Waals surface area contributed by atoms with E-state index < -0.39 is 5.41 Å². The Balaban J connectivity index is 2.30. The van der Waals surface area contributed by atoms with Crippen LogP contribution in [-0.4, -0.2) is 18.1 Å². The molecule has 1 aliphatic rings. The summed E-state index contributed by atoms with van der Waals surface area (Å²) < 4.78 is 19.8. The van der Waals surface area contributed by atoms with Gasteiger partial charge in [0.2, 0.25) is 0 Å². The molecule has 6 heteroatoms. The number of fused-ring (bicyclic) bond motifs is 1. The van der Waals surface area contributed by atoms with E-state index in [2.05, 4.69) is 20.9 Å². The third-order valence-electron chi connectivity index (χ3n) is 4.06. The number of rotatable bonds is 2. The standard InChI is InChI=1S/C15H13BrFNO2S/c1-8-9(4-3-5-10(8)17)15(13(19)20-2)7-6-11-12(15)21-14(16)18-11/h3-5H,6-7H2,1-2H3/t15-/m1/s1. The van der Waals surface area contributed by atoms with Crippen molar-refractivity contribution in [3.05, 3.63) is 49.6 Å². The number of thiazole rings is 1. The number of nitrogens with zero attached hydrogens (tertiary/aromatic N) is 1. The summed E-state index contributed by atoms with van der Waals surface area (Å²) in [5.74, 6) is -0.668. The molecule has 21 heavy (non-hydrogen) atoms. The number of hydrogen-bond acceptors (Lipinski definition) is 4. The van der Waals surface area contributed by atoms with Crippen LogP contribution < -0.4 is 0 Å². The molecule has 110 valence electrons. The lowest BCUT2D eigenvalue weighted by atomic mass is 9.77. The topological polar surface area (TPSA) is 39.2 Å². The molecular formula is C15H13BrFNO2S. The van der Waals surface area contributed by atoms with Crippen LogP contribution in [-0.2, 0) is 21.4 Å². The number of carbonyl (C=O) groups excluding carboxylic acids is 1. The number of ether oxygens (including phenoxy) is 1. The Bertz CT molecular complexity index is 730. The predicted molar refractivity (Wildman–Crippen MR) is 82.1 cm³/mol. The lowest BCUT2D eigenvalue weighted by Crippen LogP contribution is -2.36. The second-order valence-electron chi connectivity index (χ2n) is 5.05. The van der Waals surface area contributed by atoms with E-state index in [9.17, 15) is 9.18 Å². The molecule has 1 aromatic heterocycles. The predicted octanol–water partition coefficient (Wildman–Crippen LogP) is 3.76. The minimum atomic E-state index is -0.944. The van der Waals surface area contributed by atoms with Gasteiger partial charge in [0.15, 0.2) is 3.92 Å². The van der Waals surface area contributed by atoms with Crippen LogP contribution in [0.5, 0.6) is 0 Å². The maximum Gasteiger partial charge on any atom is 0.321 e. The first kappa shape index (κ1) is 14.7. The number of esters is 1. The molecule has 1 atom stereocenters. The molecule has 1 aromatic carbocycles. The third-order valence-corrected chi connectivity index (χ3v) is 5.77. The van der Waals surface area contributed by atoms with Gasteiger partial charge >= 0.3 is 5.97 Å². The van der Waals surface area contributed by atoms with Gasteiger partial charge in [0.1, 0.15) is 11.2 Å². The minimum absolute atomic E-state index is 0.312. The lowest BCUT2D eigenvalue weighted by molar-refractivity contribution is -0.145. The molecule has 0 saturated heterocycles. The number of aromatic nitrogens is 1. The van der Waals surface area contributed by atoms with Crippen molar-refractivity contribution >= 4 is 33.2 Å². The Morgan fingerprint density at radius 3 is 3.00 bits per heavy atom. The molecule has 3 nitrogen and oxygen atoms in total. The molecule has 0 amide bonds. The minimum Gasteiger partial charge on any atom is -0.468 e. The summed E-state index contributed by atoms with van der Waals surface area (Å²) in [7, 11) is 1.37. The smallest absolute Gasteiger partial charge is 0.321 e. The van der Waals surface area contributed by atoms with Gasteiger partial charge in [-0.25, -0.2) is 9.37 Å². The van der Waals surface area contributed by atoms with E-state index >= 15 is 0 Å². The van der Waals surface area contributed by atoms with Gasteiger partial charge in [0, 0.05) is 0 Å². The van der Waals surface area contributed by atoms with Crippen LogP contribution in [0, 0.1) is 12.7 Å². The summed E-state index contributed by atoms with van der Waals surface area (Å²) in [5, 5.41) is 0. The van der Waals surface area contributed by atoms with E-state index in [4.69, 9.17) is 4.74 Å². The molecular weight excluding hydrogens is 357 g/mol. The molecule has 0 N–H and O–H groups in total. The number of hydrogen-bond donors (Lipinski definition) is 0. The summed E-state index contributed by atoms with van der Waals surface area (Å²) in [6.45, 7) is 1.70. The molecule has 0 unspecified atom stereocenters. The van der Waals surface area contributed by atoms with E-state index in [1.165, 1.54) is 24.5 Å². The van der Waals surface area contributed by atoms with E-state index in [0.29, 0.717) is 24.0 Å². The Kier molecular flexibility index (Phi) is 3.61. The largest absolute Gasteiger partial charge is 0.468 e.